The summed E-state index contributed by atoms with van der Waals surface area (Å²) in [5.41, 5.74) is 6.50. The van der Waals surface area contributed by atoms with Crippen molar-refractivity contribution in [2.24, 2.45) is 0 Å². The van der Waals surface area contributed by atoms with Gasteiger partial charge in [0.1, 0.15) is 6.10 Å². The van der Waals surface area contributed by atoms with Gasteiger partial charge < -0.3 is 19.7 Å². The number of fused-ring (bicyclic) bond motifs is 2. The molecule has 0 fully saturated rings. The first kappa shape index (κ1) is 24.4. The van der Waals surface area contributed by atoms with Crippen LogP contribution >= 0.6 is 0 Å². The first-order valence-corrected chi connectivity index (χ1v) is 12.9. The third-order valence-electron chi connectivity index (χ3n) is 7.07. The van der Waals surface area contributed by atoms with Crippen molar-refractivity contribution in [2.45, 2.75) is 18.9 Å². The van der Waals surface area contributed by atoms with Gasteiger partial charge in [-0.05, 0) is 71.6 Å². The van der Waals surface area contributed by atoms with E-state index < -0.39 is 30.6 Å². The summed E-state index contributed by atoms with van der Waals surface area (Å²) in [6.07, 6.45) is 1.03. The van der Waals surface area contributed by atoms with Gasteiger partial charge >= 0.3 is 11.9 Å². The Morgan fingerprint density at radius 1 is 0.897 bits per heavy atom. The Labute approximate surface area is 226 Å². The van der Waals surface area contributed by atoms with Gasteiger partial charge in [-0.1, -0.05) is 48.5 Å². The number of nitrogens with zero attached hydrogens (tertiary/aromatic N) is 1. The number of rotatable bonds is 6. The molecule has 0 spiro atoms. The van der Waals surface area contributed by atoms with Crippen molar-refractivity contribution < 1.29 is 23.9 Å². The van der Waals surface area contributed by atoms with Gasteiger partial charge in [0.25, 0.3) is 5.91 Å². The summed E-state index contributed by atoms with van der Waals surface area (Å²) in [5, 5.41) is 2.77. The second-order valence-electron chi connectivity index (χ2n) is 9.58. The van der Waals surface area contributed by atoms with E-state index in [9.17, 15) is 14.4 Å². The van der Waals surface area contributed by atoms with Crippen LogP contribution in [-0.4, -0.2) is 31.0 Å². The summed E-state index contributed by atoms with van der Waals surface area (Å²) in [6.45, 7) is 0.490. The minimum atomic E-state index is -0.633. The summed E-state index contributed by atoms with van der Waals surface area (Å²) in [4.78, 5) is 39.9. The fourth-order valence-electron chi connectivity index (χ4n) is 5.12. The molecule has 0 aromatic heterocycles. The minimum Gasteiger partial charge on any atom is -0.454 e. The number of carbonyl (C=O) groups is 3. The molecule has 194 valence electrons. The maximum Gasteiger partial charge on any atom is 0.339 e. The standard InChI is InChI=1S/C32H26N2O5/c35-30(33-25-11-13-26(14-12-25)34-17-16-21-6-4-5-9-28(21)34)20-38-31(36)23-10-15-27-24(18-23)19-29(39-32(27)37)22-7-2-1-3-8-22/h1-15,18,29H,16-17,19-20H2,(H,33,35). The highest BCUT2D eigenvalue weighted by Gasteiger charge is 2.28. The minimum absolute atomic E-state index is 0.276. The number of hydrogen-bond donors (Lipinski definition) is 1. The number of cyclic esters (lactones) is 1. The number of benzene rings is 4. The number of carbonyl (C=O) groups excluding carboxylic acids is 3. The van der Waals surface area contributed by atoms with Crippen LogP contribution < -0.4 is 10.2 Å². The zero-order chi connectivity index (χ0) is 26.8. The van der Waals surface area contributed by atoms with E-state index in [0.29, 0.717) is 23.2 Å². The zero-order valence-corrected chi connectivity index (χ0v) is 21.1. The van der Waals surface area contributed by atoms with Gasteiger partial charge in [0.05, 0.1) is 11.1 Å². The molecular formula is C32H26N2O5. The van der Waals surface area contributed by atoms with Gasteiger partial charge in [-0.2, -0.15) is 0 Å². The predicted molar refractivity (Wildman–Crippen MR) is 147 cm³/mol. The molecule has 0 saturated carbocycles. The molecule has 0 radical (unpaired) electrons. The van der Waals surface area contributed by atoms with E-state index in [1.165, 1.54) is 17.3 Å². The van der Waals surface area contributed by atoms with Gasteiger partial charge in [0, 0.05) is 30.0 Å². The number of anilines is 3. The molecule has 1 amide bonds. The maximum atomic E-state index is 12.7. The number of ether oxygens (including phenoxy) is 2. The van der Waals surface area contributed by atoms with Crippen molar-refractivity contribution in [3.63, 3.8) is 0 Å². The van der Waals surface area contributed by atoms with Crippen molar-refractivity contribution in [1.29, 1.82) is 0 Å². The van der Waals surface area contributed by atoms with Gasteiger partial charge in [-0.15, -0.1) is 0 Å². The van der Waals surface area contributed by atoms with E-state index in [4.69, 9.17) is 9.47 Å². The number of amides is 1. The molecule has 6 rings (SSSR count). The summed E-state index contributed by atoms with van der Waals surface area (Å²) in [5.74, 6) is -1.50. The number of hydrogen-bond acceptors (Lipinski definition) is 6. The van der Waals surface area contributed by atoms with E-state index in [2.05, 4.69) is 28.4 Å². The molecule has 1 atom stereocenters. The van der Waals surface area contributed by atoms with Crippen LogP contribution in [0.4, 0.5) is 17.1 Å². The van der Waals surface area contributed by atoms with Gasteiger partial charge in [0.15, 0.2) is 6.61 Å². The maximum absolute atomic E-state index is 12.7. The average Bonchev–Trinajstić information content (AvgIpc) is 3.41. The quantitative estimate of drug-likeness (QED) is 0.333. The van der Waals surface area contributed by atoms with Crippen LogP contribution in [0, 0.1) is 0 Å². The lowest BCUT2D eigenvalue weighted by atomic mass is 9.93. The van der Waals surface area contributed by atoms with Crippen LogP contribution in [0.1, 0.15) is 43.5 Å². The summed E-state index contributed by atoms with van der Waals surface area (Å²) < 4.78 is 10.8. The smallest absolute Gasteiger partial charge is 0.339 e. The van der Waals surface area contributed by atoms with Crippen LogP contribution in [0.2, 0.25) is 0 Å². The van der Waals surface area contributed by atoms with Gasteiger partial charge in [-0.25, -0.2) is 9.59 Å². The van der Waals surface area contributed by atoms with Crippen molar-refractivity contribution in [3.8, 4) is 0 Å². The summed E-state index contributed by atoms with van der Waals surface area (Å²) in [7, 11) is 0. The largest absolute Gasteiger partial charge is 0.454 e. The molecule has 0 saturated heterocycles. The fraction of sp³-hybridized carbons (Fsp3) is 0.156. The molecule has 0 bridgehead atoms. The summed E-state index contributed by atoms with van der Waals surface area (Å²) in [6, 6.07) is 30.1. The molecule has 4 aromatic carbocycles. The van der Waals surface area contributed by atoms with E-state index in [-0.39, 0.29) is 5.56 Å². The topological polar surface area (TPSA) is 84.9 Å². The molecule has 2 aliphatic heterocycles. The second-order valence-corrected chi connectivity index (χ2v) is 9.58. The van der Waals surface area contributed by atoms with Crippen LogP contribution in [0.3, 0.4) is 0 Å². The Kier molecular flexibility index (Phi) is 6.55. The Bertz CT molecular complexity index is 1550. The SMILES string of the molecule is O=C(COC(=O)c1ccc2c(c1)CC(c1ccccc1)OC2=O)Nc1ccc(N2CCc3ccccc32)cc1. The normalized spacial score (nSPS) is 15.6. The highest BCUT2D eigenvalue weighted by atomic mass is 16.5. The Balaban J connectivity index is 1.05. The van der Waals surface area contributed by atoms with Gasteiger partial charge in [-0.3, -0.25) is 4.79 Å². The van der Waals surface area contributed by atoms with Crippen molar-refractivity contribution in [1.82, 2.24) is 0 Å². The van der Waals surface area contributed by atoms with Crippen molar-refractivity contribution in [2.75, 3.05) is 23.4 Å². The highest BCUT2D eigenvalue weighted by Crippen LogP contribution is 2.35. The second kappa shape index (κ2) is 10.5. The molecular weight excluding hydrogens is 492 g/mol. The lowest BCUT2D eigenvalue weighted by Gasteiger charge is -2.25. The first-order valence-electron chi connectivity index (χ1n) is 12.9. The average molecular weight is 519 g/mol. The van der Waals surface area contributed by atoms with Crippen molar-refractivity contribution >= 4 is 34.9 Å². The van der Waals surface area contributed by atoms with E-state index >= 15 is 0 Å². The molecule has 1 N–H and O–H groups in total. The predicted octanol–water partition coefficient (Wildman–Crippen LogP) is 5.63. The van der Waals surface area contributed by atoms with Crippen molar-refractivity contribution in [3.05, 3.63) is 125 Å². The monoisotopic (exact) mass is 518 g/mol. The van der Waals surface area contributed by atoms with E-state index in [0.717, 1.165) is 24.2 Å². The third-order valence-corrected chi connectivity index (χ3v) is 7.07. The number of nitrogens with one attached hydrogen (secondary N) is 1. The Hall–Kier alpha value is -4.91. The first-order chi connectivity index (χ1) is 19.0. The van der Waals surface area contributed by atoms with E-state index in [1.54, 1.807) is 12.1 Å². The molecule has 39 heavy (non-hydrogen) atoms. The molecule has 0 aliphatic carbocycles. The lowest BCUT2D eigenvalue weighted by Crippen LogP contribution is -2.23. The number of para-hydroxylation sites is 1. The third kappa shape index (κ3) is 5.11. The van der Waals surface area contributed by atoms with Crippen LogP contribution in [-0.2, 0) is 27.1 Å². The number of esters is 2. The van der Waals surface area contributed by atoms with E-state index in [1.807, 2.05) is 60.7 Å². The molecule has 4 aromatic rings. The molecule has 7 nitrogen and oxygen atoms in total. The fourth-order valence-corrected chi connectivity index (χ4v) is 5.12. The summed E-state index contributed by atoms with van der Waals surface area (Å²) >= 11 is 0. The van der Waals surface area contributed by atoms with Crippen LogP contribution in [0.5, 0.6) is 0 Å². The molecule has 2 aliphatic rings. The Morgan fingerprint density at radius 2 is 1.67 bits per heavy atom. The zero-order valence-electron chi connectivity index (χ0n) is 21.1. The molecule has 1 unspecified atom stereocenters. The van der Waals surface area contributed by atoms with Crippen LogP contribution in [0.25, 0.3) is 0 Å². The van der Waals surface area contributed by atoms with Gasteiger partial charge in [0.2, 0.25) is 0 Å². The lowest BCUT2D eigenvalue weighted by molar-refractivity contribution is -0.119. The molecule has 7 heteroatoms. The molecule has 2 heterocycles. The highest BCUT2D eigenvalue weighted by molar-refractivity contribution is 5.97. The van der Waals surface area contributed by atoms with Crippen LogP contribution in [0.15, 0.2) is 97.1 Å². The Morgan fingerprint density at radius 3 is 2.49 bits per heavy atom.